The summed E-state index contributed by atoms with van der Waals surface area (Å²) in [6.45, 7) is 0. The van der Waals surface area contributed by atoms with Crippen LogP contribution in [-0.2, 0) is 0 Å². The molecule has 0 saturated carbocycles. The first kappa shape index (κ1) is 14.2. The van der Waals surface area contributed by atoms with Crippen molar-refractivity contribution in [3.63, 3.8) is 0 Å². The van der Waals surface area contributed by atoms with E-state index < -0.39 is 0 Å². The third-order valence-electron chi connectivity index (χ3n) is 3.74. The van der Waals surface area contributed by atoms with Crippen molar-refractivity contribution >= 4 is 0 Å². The second-order valence-electron chi connectivity index (χ2n) is 5.32. The van der Waals surface area contributed by atoms with Gasteiger partial charge in [-0.1, -0.05) is 18.2 Å². The van der Waals surface area contributed by atoms with Gasteiger partial charge in [0.2, 0.25) is 0 Å². The van der Waals surface area contributed by atoms with Crippen molar-refractivity contribution in [2.24, 2.45) is 0 Å². The molecular formula is C20H14N4. The summed E-state index contributed by atoms with van der Waals surface area (Å²) < 4.78 is 0. The van der Waals surface area contributed by atoms with Crippen LogP contribution in [0.2, 0.25) is 0 Å². The fourth-order valence-corrected chi connectivity index (χ4v) is 2.48. The summed E-state index contributed by atoms with van der Waals surface area (Å²) in [4.78, 5) is 17.5. The standard InChI is InChI=1S/C20H14N4/c1-2-11-22-19(5-1)20-9-7-17(14-24-20)18-8-6-16(13-23-18)15-4-3-10-21-12-15/h1-14H. The molecule has 0 aliphatic heterocycles. The molecule has 0 amide bonds. The van der Waals surface area contributed by atoms with Crippen molar-refractivity contribution in [1.29, 1.82) is 0 Å². The molecule has 0 spiro atoms. The van der Waals surface area contributed by atoms with E-state index in [4.69, 9.17) is 0 Å². The minimum atomic E-state index is 0.853. The number of hydrogen-bond acceptors (Lipinski definition) is 4. The maximum atomic E-state index is 4.54. The second-order valence-corrected chi connectivity index (χ2v) is 5.32. The van der Waals surface area contributed by atoms with Crippen LogP contribution in [-0.4, -0.2) is 19.9 Å². The molecule has 0 aromatic carbocycles. The first-order chi connectivity index (χ1) is 11.9. The van der Waals surface area contributed by atoms with E-state index in [2.05, 4.69) is 19.9 Å². The lowest BCUT2D eigenvalue weighted by atomic mass is 10.1. The Morgan fingerprint density at radius 3 is 1.88 bits per heavy atom. The van der Waals surface area contributed by atoms with Gasteiger partial charge in [-0.25, -0.2) is 0 Å². The molecule has 0 bridgehead atoms. The zero-order valence-electron chi connectivity index (χ0n) is 12.9. The van der Waals surface area contributed by atoms with Crippen LogP contribution in [0.25, 0.3) is 33.8 Å². The lowest BCUT2D eigenvalue weighted by molar-refractivity contribution is 1.23. The second kappa shape index (κ2) is 6.38. The predicted molar refractivity (Wildman–Crippen MR) is 93.9 cm³/mol. The topological polar surface area (TPSA) is 51.6 Å². The van der Waals surface area contributed by atoms with Crippen LogP contribution < -0.4 is 0 Å². The molecule has 114 valence electrons. The number of pyridine rings is 4. The predicted octanol–water partition coefficient (Wildman–Crippen LogP) is 4.27. The number of hydrogen-bond donors (Lipinski definition) is 0. The molecule has 0 unspecified atom stereocenters. The molecule has 4 aromatic rings. The Hall–Kier alpha value is -3.40. The third kappa shape index (κ3) is 2.90. The van der Waals surface area contributed by atoms with Crippen LogP contribution in [0.4, 0.5) is 0 Å². The van der Waals surface area contributed by atoms with Crippen molar-refractivity contribution in [2.75, 3.05) is 0 Å². The Morgan fingerprint density at radius 1 is 0.458 bits per heavy atom. The van der Waals surface area contributed by atoms with Crippen LogP contribution in [0.3, 0.4) is 0 Å². The van der Waals surface area contributed by atoms with Gasteiger partial charge in [-0.15, -0.1) is 0 Å². The summed E-state index contributed by atoms with van der Waals surface area (Å²) in [5.41, 5.74) is 5.69. The first-order valence-corrected chi connectivity index (χ1v) is 7.64. The molecule has 0 radical (unpaired) electrons. The molecule has 4 heterocycles. The van der Waals surface area contributed by atoms with Gasteiger partial charge in [-0.2, -0.15) is 0 Å². The zero-order chi connectivity index (χ0) is 16.2. The van der Waals surface area contributed by atoms with E-state index in [1.54, 1.807) is 12.4 Å². The molecule has 4 heteroatoms. The summed E-state index contributed by atoms with van der Waals surface area (Å²) in [5, 5.41) is 0. The van der Waals surface area contributed by atoms with Gasteiger partial charge in [0.1, 0.15) is 0 Å². The normalized spacial score (nSPS) is 10.5. The maximum Gasteiger partial charge on any atom is 0.0886 e. The van der Waals surface area contributed by atoms with Crippen molar-refractivity contribution in [3.8, 4) is 33.8 Å². The highest BCUT2D eigenvalue weighted by Crippen LogP contribution is 2.23. The molecule has 4 aromatic heterocycles. The maximum absolute atomic E-state index is 4.54. The largest absolute Gasteiger partial charge is 0.264 e. The lowest BCUT2D eigenvalue weighted by Crippen LogP contribution is -1.89. The van der Waals surface area contributed by atoms with Gasteiger partial charge in [0.15, 0.2) is 0 Å². The quantitative estimate of drug-likeness (QED) is 0.567. The molecule has 4 rings (SSSR count). The van der Waals surface area contributed by atoms with E-state index in [1.807, 2.05) is 73.2 Å². The average molecular weight is 310 g/mol. The fraction of sp³-hybridized carbons (Fsp3) is 0. The van der Waals surface area contributed by atoms with Crippen LogP contribution >= 0.6 is 0 Å². The minimum absolute atomic E-state index is 0.853. The molecule has 0 aliphatic carbocycles. The monoisotopic (exact) mass is 310 g/mol. The highest BCUT2D eigenvalue weighted by molar-refractivity contribution is 5.67. The van der Waals surface area contributed by atoms with E-state index in [0.29, 0.717) is 0 Å². The molecule has 24 heavy (non-hydrogen) atoms. The highest BCUT2D eigenvalue weighted by Gasteiger charge is 2.04. The van der Waals surface area contributed by atoms with Gasteiger partial charge in [-0.05, 0) is 36.4 Å². The molecule has 0 N–H and O–H groups in total. The summed E-state index contributed by atoms with van der Waals surface area (Å²) in [7, 11) is 0. The van der Waals surface area contributed by atoms with E-state index in [9.17, 15) is 0 Å². The Kier molecular flexibility index (Phi) is 3.78. The lowest BCUT2D eigenvalue weighted by Gasteiger charge is -2.05. The summed E-state index contributed by atoms with van der Waals surface area (Å²) >= 11 is 0. The Bertz CT molecular complexity index is 838. The van der Waals surface area contributed by atoms with Gasteiger partial charge >= 0.3 is 0 Å². The molecule has 0 fully saturated rings. The van der Waals surface area contributed by atoms with Crippen LogP contribution in [0.15, 0.2) is 85.6 Å². The summed E-state index contributed by atoms with van der Waals surface area (Å²) in [6.07, 6.45) is 9.05. The molecule has 4 nitrogen and oxygen atoms in total. The van der Waals surface area contributed by atoms with E-state index in [-0.39, 0.29) is 0 Å². The van der Waals surface area contributed by atoms with E-state index >= 15 is 0 Å². The van der Waals surface area contributed by atoms with Gasteiger partial charge in [0.25, 0.3) is 0 Å². The number of rotatable bonds is 3. The average Bonchev–Trinajstić information content (AvgIpc) is 2.70. The van der Waals surface area contributed by atoms with Gasteiger partial charge in [0.05, 0.1) is 17.1 Å². The van der Waals surface area contributed by atoms with E-state index in [1.165, 1.54) is 0 Å². The SMILES string of the molecule is c1ccc(-c2ccc(-c3ccc(-c4cccnc4)cn3)cn2)nc1. The molecule has 0 atom stereocenters. The summed E-state index contributed by atoms with van der Waals surface area (Å²) in [5.74, 6) is 0. The fourth-order valence-electron chi connectivity index (χ4n) is 2.48. The zero-order valence-corrected chi connectivity index (χ0v) is 12.9. The molecular weight excluding hydrogens is 296 g/mol. The van der Waals surface area contributed by atoms with Gasteiger partial charge in [0, 0.05) is 47.7 Å². The van der Waals surface area contributed by atoms with Crippen LogP contribution in [0, 0.1) is 0 Å². The smallest absolute Gasteiger partial charge is 0.0886 e. The third-order valence-corrected chi connectivity index (χ3v) is 3.74. The molecule has 0 aliphatic rings. The molecule has 0 saturated heterocycles. The van der Waals surface area contributed by atoms with Gasteiger partial charge < -0.3 is 0 Å². The van der Waals surface area contributed by atoms with Crippen LogP contribution in [0.5, 0.6) is 0 Å². The Balaban J connectivity index is 1.60. The van der Waals surface area contributed by atoms with E-state index in [0.717, 1.165) is 33.8 Å². The summed E-state index contributed by atoms with van der Waals surface area (Å²) in [6, 6.07) is 17.8. The van der Waals surface area contributed by atoms with Crippen molar-refractivity contribution in [2.45, 2.75) is 0 Å². The number of aromatic nitrogens is 4. The van der Waals surface area contributed by atoms with Crippen molar-refractivity contribution < 1.29 is 0 Å². The van der Waals surface area contributed by atoms with Crippen molar-refractivity contribution in [1.82, 2.24) is 19.9 Å². The Morgan fingerprint density at radius 2 is 1.21 bits per heavy atom. The van der Waals surface area contributed by atoms with Crippen molar-refractivity contribution in [3.05, 3.63) is 85.6 Å². The minimum Gasteiger partial charge on any atom is -0.264 e. The number of nitrogens with zero attached hydrogens (tertiary/aromatic N) is 4. The first-order valence-electron chi connectivity index (χ1n) is 7.64. The highest BCUT2D eigenvalue weighted by atomic mass is 14.8. The van der Waals surface area contributed by atoms with Gasteiger partial charge in [-0.3, -0.25) is 19.9 Å². The van der Waals surface area contributed by atoms with Crippen LogP contribution in [0.1, 0.15) is 0 Å². The Labute approximate surface area is 139 Å².